The maximum absolute atomic E-state index is 12.3. The number of fused-ring (bicyclic) bond motifs is 6. The van der Waals surface area contributed by atoms with Crippen molar-refractivity contribution in [3.05, 3.63) is 82.4 Å². The molecule has 30 heavy (non-hydrogen) atoms. The first kappa shape index (κ1) is 18.4. The molecule has 0 aliphatic carbocycles. The van der Waals surface area contributed by atoms with E-state index in [-0.39, 0.29) is 23.0 Å². The second-order valence-corrected chi connectivity index (χ2v) is 7.62. The number of benzene rings is 3. The summed E-state index contributed by atoms with van der Waals surface area (Å²) < 4.78 is 17.6. The van der Waals surface area contributed by atoms with Crippen molar-refractivity contribution < 1.29 is 29.2 Å². The van der Waals surface area contributed by atoms with Crippen molar-refractivity contribution in [3.8, 4) is 23.0 Å². The van der Waals surface area contributed by atoms with Gasteiger partial charge in [-0.15, -0.1) is 0 Å². The molecule has 0 amide bonds. The quantitative estimate of drug-likeness (QED) is 0.618. The average molecular weight is 404 g/mol. The number of ether oxygens (including phenoxy) is 3. The first-order chi connectivity index (χ1) is 14.4. The number of phenolic OH excluding ortho intramolecular Hbond substituents is 2. The molecule has 0 saturated carbocycles. The molecule has 0 unspecified atom stereocenters. The second kappa shape index (κ2) is 6.42. The van der Waals surface area contributed by atoms with Crippen LogP contribution in [0, 0.1) is 6.92 Å². The van der Waals surface area contributed by atoms with E-state index in [0.29, 0.717) is 29.0 Å². The van der Waals surface area contributed by atoms with Crippen LogP contribution in [0.4, 0.5) is 0 Å². The summed E-state index contributed by atoms with van der Waals surface area (Å²) in [6.07, 6.45) is 0.402. The molecule has 152 valence electrons. The van der Waals surface area contributed by atoms with Gasteiger partial charge in [-0.2, -0.15) is 0 Å². The number of aryl methyl sites for hydroxylation is 1. The van der Waals surface area contributed by atoms with Crippen LogP contribution in [-0.4, -0.2) is 23.3 Å². The van der Waals surface area contributed by atoms with Crippen molar-refractivity contribution in [2.24, 2.45) is 0 Å². The topological polar surface area (TPSA) is 85.2 Å². The van der Waals surface area contributed by atoms with Crippen LogP contribution < -0.4 is 9.47 Å². The first-order valence-corrected chi connectivity index (χ1v) is 9.65. The molecule has 3 aromatic carbocycles. The SMILES string of the molecule is COC(=O)c1c(C)cc2c(c1O)[C@H]1C[C@@](c3ccccc3)(Oc3cc(O)ccc31)O2. The van der Waals surface area contributed by atoms with E-state index in [4.69, 9.17) is 14.2 Å². The van der Waals surface area contributed by atoms with Gasteiger partial charge < -0.3 is 24.4 Å². The molecule has 2 aliphatic heterocycles. The lowest BCUT2D eigenvalue weighted by atomic mass is 9.77. The highest BCUT2D eigenvalue weighted by molar-refractivity contribution is 5.95. The van der Waals surface area contributed by atoms with Crippen molar-refractivity contribution in [3.63, 3.8) is 0 Å². The fourth-order valence-electron chi connectivity index (χ4n) is 4.49. The molecule has 6 heteroatoms. The number of methoxy groups -OCH3 is 1. The van der Waals surface area contributed by atoms with Gasteiger partial charge in [-0.1, -0.05) is 36.4 Å². The number of phenols is 2. The number of rotatable bonds is 2. The third-order valence-electron chi connectivity index (χ3n) is 5.85. The Kier molecular flexibility index (Phi) is 3.93. The summed E-state index contributed by atoms with van der Waals surface area (Å²) in [6, 6.07) is 16.2. The number of carbonyl (C=O) groups excluding carboxylic acids is 1. The van der Waals surface area contributed by atoms with Gasteiger partial charge in [0.2, 0.25) is 0 Å². The van der Waals surface area contributed by atoms with Crippen molar-refractivity contribution in [1.29, 1.82) is 0 Å². The van der Waals surface area contributed by atoms with Crippen LogP contribution >= 0.6 is 0 Å². The summed E-state index contributed by atoms with van der Waals surface area (Å²) in [7, 11) is 1.28. The molecular weight excluding hydrogens is 384 g/mol. The highest BCUT2D eigenvalue weighted by atomic mass is 16.7. The number of aromatic hydroxyl groups is 2. The second-order valence-electron chi connectivity index (χ2n) is 7.62. The van der Waals surface area contributed by atoms with Gasteiger partial charge in [-0.05, 0) is 24.6 Å². The third kappa shape index (κ3) is 2.53. The van der Waals surface area contributed by atoms with Crippen LogP contribution in [-0.2, 0) is 10.5 Å². The zero-order valence-electron chi connectivity index (χ0n) is 16.5. The van der Waals surface area contributed by atoms with Crippen LogP contribution in [0.2, 0.25) is 0 Å². The van der Waals surface area contributed by atoms with E-state index in [1.165, 1.54) is 7.11 Å². The zero-order chi connectivity index (χ0) is 21.0. The standard InChI is InChI=1S/C24H20O6/c1-13-10-19-21(22(26)20(13)23(27)28-2)17-12-24(30-19,14-6-4-3-5-7-14)29-18-11-15(25)8-9-16(17)18/h3-11,17,25-26H,12H2,1-2H3/t17-,24+/m0/s1. The Morgan fingerprint density at radius 3 is 2.53 bits per heavy atom. The largest absolute Gasteiger partial charge is 0.508 e. The Morgan fingerprint density at radius 1 is 1.07 bits per heavy atom. The van der Waals surface area contributed by atoms with Crippen LogP contribution in [0.1, 0.15) is 45.0 Å². The smallest absolute Gasteiger partial charge is 0.341 e. The Labute approximate surface area is 173 Å². The van der Waals surface area contributed by atoms with E-state index < -0.39 is 11.8 Å². The maximum Gasteiger partial charge on any atom is 0.341 e. The number of hydrogen-bond donors (Lipinski definition) is 2. The summed E-state index contributed by atoms with van der Waals surface area (Å²) >= 11 is 0. The zero-order valence-corrected chi connectivity index (χ0v) is 16.5. The fourth-order valence-corrected chi connectivity index (χ4v) is 4.49. The molecule has 2 N–H and O–H groups in total. The Morgan fingerprint density at radius 2 is 1.80 bits per heavy atom. The fraction of sp³-hybridized carbons (Fsp3) is 0.208. The van der Waals surface area contributed by atoms with Crippen LogP contribution in [0.3, 0.4) is 0 Å². The summed E-state index contributed by atoms with van der Waals surface area (Å²) in [5.41, 5.74) is 2.82. The molecule has 0 saturated heterocycles. The van der Waals surface area contributed by atoms with Gasteiger partial charge in [0.05, 0.1) is 7.11 Å². The van der Waals surface area contributed by atoms with Gasteiger partial charge in [-0.25, -0.2) is 4.79 Å². The van der Waals surface area contributed by atoms with Gasteiger partial charge in [0.25, 0.3) is 5.79 Å². The summed E-state index contributed by atoms with van der Waals surface area (Å²) in [4.78, 5) is 12.3. The maximum atomic E-state index is 12.3. The van der Waals surface area contributed by atoms with E-state index >= 15 is 0 Å². The molecule has 2 heterocycles. The van der Waals surface area contributed by atoms with E-state index in [9.17, 15) is 15.0 Å². The van der Waals surface area contributed by atoms with E-state index in [1.807, 2.05) is 30.3 Å². The normalized spacial score (nSPS) is 20.9. The van der Waals surface area contributed by atoms with E-state index in [0.717, 1.165) is 11.1 Å². The van der Waals surface area contributed by atoms with Gasteiger partial charge in [0, 0.05) is 35.1 Å². The van der Waals surface area contributed by atoms with Crippen LogP contribution in [0.25, 0.3) is 0 Å². The van der Waals surface area contributed by atoms with Crippen LogP contribution in [0.5, 0.6) is 23.0 Å². The van der Waals surface area contributed by atoms with Crippen molar-refractivity contribution in [1.82, 2.24) is 0 Å². The molecule has 2 aliphatic rings. The lowest BCUT2D eigenvalue weighted by molar-refractivity contribution is -0.149. The third-order valence-corrected chi connectivity index (χ3v) is 5.85. The monoisotopic (exact) mass is 404 g/mol. The lowest BCUT2D eigenvalue weighted by Crippen LogP contribution is -2.46. The van der Waals surface area contributed by atoms with E-state index in [2.05, 4.69) is 0 Å². The molecule has 0 radical (unpaired) electrons. The average Bonchev–Trinajstić information content (AvgIpc) is 2.73. The molecule has 0 spiro atoms. The summed E-state index contributed by atoms with van der Waals surface area (Å²) in [5, 5.41) is 21.1. The Hall–Kier alpha value is -3.67. The Bertz CT molecular complexity index is 1170. The van der Waals surface area contributed by atoms with Gasteiger partial charge in [-0.3, -0.25) is 0 Å². The minimum atomic E-state index is -1.12. The predicted molar refractivity (Wildman–Crippen MR) is 108 cm³/mol. The molecule has 0 fully saturated rings. The van der Waals surface area contributed by atoms with Crippen molar-refractivity contribution >= 4 is 5.97 Å². The van der Waals surface area contributed by atoms with Crippen molar-refractivity contribution in [2.45, 2.75) is 25.0 Å². The van der Waals surface area contributed by atoms with Crippen molar-refractivity contribution in [2.75, 3.05) is 7.11 Å². The molecule has 0 aromatic heterocycles. The summed E-state index contributed by atoms with van der Waals surface area (Å²) in [5.74, 6) is -1.18. The van der Waals surface area contributed by atoms with Gasteiger partial charge in [0.1, 0.15) is 28.6 Å². The lowest BCUT2D eigenvalue weighted by Gasteiger charge is -2.46. The highest BCUT2D eigenvalue weighted by Crippen LogP contribution is 2.58. The number of carbonyl (C=O) groups is 1. The summed E-state index contributed by atoms with van der Waals surface area (Å²) in [6.45, 7) is 1.72. The highest BCUT2D eigenvalue weighted by Gasteiger charge is 2.51. The molecular formula is C24H20O6. The molecule has 5 rings (SSSR count). The minimum absolute atomic E-state index is 0.0699. The molecule has 6 nitrogen and oxygen atoms in total. The van der Waals surface area contributed by atoms with Gasteiger partial charge >= 0.3 is 5.97 Å². The Balaban J connectivity index is 1.79. The predicted octanol–water partition coefficient (Wildman–Crippen LogP) is 4.35. The van der Waals surface area contributed by atoms with Crippen LogP contribution in [0.15, 0.2) is 54.6 Å². The minimum Gasteiger partial charge on any atom is -0.508 e. The number of hydrogen-bond acceptors (Lipinski definition) is 6. The van der Waals surface area contributed by atoms with Gasteiger partial charge in [0.15, 0.2) is 0 Å². The molecule has 2 bridgehead atoms. The van der Waals surface area contributed by atoms with E-state index in [1.54, 1.807) is 31.2 Å². The first-order valence-electron chi connectivity index (χ1n) is 9.65. The molecule has 2 atom stereocenters. The molecule has 3 aromatic rings. The number of esters is 1.